The van der Waals surface area contributed by atoms with Gasteiger partial charge in [-0.3, -0.25) is 9.59 Å². The first-order chi connectivity index (χ1) is 16.0. The maximum atomic E-state index is 13.1. The first-order valence-corrected chi connectivity index (χ1v) is 11.2. The molecule has 33 heavy (non-hydrogen) atoms. The Balaban J connectivity index is 1.87. The monoisotopic (exact) mass is 448 g/mol. The highest BCUT2D eigenvalue weighted by atomic mass is 16.5. The Morgan fingerprint density at radius 1 is 1.06 bits per heavy atom. The van der Waals surface area contributed by atoms with Gasteiger partial charge in [-0.15, -0.1) is 0 Å². The van der Waals surface area contributed by atoms with Crippen LogP contribution in [0.3, 0.4) is 0 Å². The van der Waals surface area contributed by atoms with E-state index in [4.69, 9.17) is 4.74 Å². The van der Waals surface area contributed by atoms with E-state index < -0.39 is 0 Å². The lowest BCUT2D eigenvalue weighted by atomic mass is 10.1. The van der Waals surface area contributed by atoms with E-state index in [0.29, 0.717) is 17.9 Å². The van der Waals surface area contributed by atoms with E-state index in [2.05, 4.69) is 29.4 Å². The number of aromatic nitrogens is 1. The van der Waals surface area contributed by atoms with Gasteiger partial charge in [0.1, 0.15) is 11.4 Å². The fourth-order valence-corrected chi connectivity index (χ4v) is 3.70. The summed E-state index contributed by atoms with van der Waals surface area (Å²) in [5.41, 5.74) is 2.55. The number of methoxy groups -OCH3 is 1. The molecule has 0 bridgehead atoms. The molecule has 1 heterocycles. The molecule has 0 unspecified atom stereocenters. The van der Waals surface area contributed by atoms with Gasteiger partial charge in [-0.2, -0.15) is 0 Å². The van der Waals surface area contributed by atoms with Gasteiger partial charge >= 0.3 is 0 Å². The maximum Gasteiger partial charge on any atom is 0.267 e. The third-order valence-corrected chi connectivity index (χ3v) is 5.68. The molecule has 0 fully saturated rings. The Kier molecular flexibility index (Phi) is 8.27. The number of hydrogen-bond donors (Lipinski definition) is 2. The quantitative estimate of drug-likeness (QED) is 0.466. The molecule has 0 radical (unpaired) electrons. The summed E-state index contributed by atoms with van der Waals surface area (Å²) in [6.07, 6.45) is 3.68. The molecule has 1 aromatic heterocycles. The molecular weight excluding hydrogens is 416 g/mol. The van der Waals surface area contributed by atoms with Crippen molar-refractivity contribution in [1.82, 2.24) is 20.1 Å². The molecule has 2 N–H and O–H groups in total. The molecule has 0 spiro atoms. The van der Waals surface area contributed by atoms with E-state index in [9.17, 15) is 9.59 Å². The molecule has 0 aliphatic carbocycles. The SMILES string of the molecule is CCN(CC)CCNC(=O)/C(=C\c1cn(C)c2ccccc12)NC(=O)c1ccc(OC)cc1. The van der Waals surface area contributed by atoms with Crippen molar-refractivity contribution < 1.29 is 14.3 Å². The predicted molar refractivity (Wildman–Crippen MR) is 132 cm³/mol. The minimum atomic E-state index is -0.358. The largest absolute Gasteiger partial charge is 0.497 e. The molecule has 0 saturated carbocycles. The van der Waals surface area contributed by atoms with Crippen LogP contribution in [-0.4, -0.2) is 54.6 Å². The summed E-state index contributed by atoms with van der Waals surface area (Å²) in [4.78, 5) is 28.2. The second kappa shape index (κ2) is 11.3. The van der Waals surface area contributed by atoms with Crippen molar-refractivity contribution in [3.8, 4) is 5.75 Å². The first-order valence-electron chi connectivity index (χ1n) is 11.2. The Morgan fingerprint density at radius 3 is 2.42 bits per heavy atom. The number of nitrogens with zero attached hydrogens (tertiary/aromatic N) is 2. The van der Waals surface area contributed by atoms with Crippen LogP contribution in [0.5, 0.6) is 5.75 Å². The molecular formula is C26H32N4O3. The van der Waals surface area contributed by atoms with Gasteiger partial charge in [-0.05, 0) is 49.5 Å². The fourth-order valence-electron chi connectivity index (χ4n) is 3.70. The molecule has 174 valence electrons. The topological polar surface area (TPSA) is 75.6 Å². The van der Waals surface area contributed by atoms with E-state index >= 15 is 0 Å². The van der Waals surface area contributed by atoms with Gasteiger partial charge in [0.2, 0.25) is 0 Å². The number of carbonyl (C=O) groups is 2. The second-order valence-electron chi connectivity index (χ2n) is 7.74. The first kappa shape index (κ1) is 24.1. The fraction of sp³-hybridized carbons (Fsp3) is 0.308. The molecule has 3 aromatic rings. The van der Waals surface area contributed by atoms with Crippen LogP contribution >= 0.6 is 0 Å². The van der Waals surface area contributed by atoms with Gasteiger partial charge < -0.3 is 24.8 Å². The molecule has 7 nitrogen and oxygen atoms in total. The lowest BCUT2D eigenvalue weighted by molar-refractivity contribution is -0.117. The third-order valence-electron chi connectivity index (χ3n) is 5.68. The summed E-state index contributed by atoms with van der Waals surface area (Å²) in [7, 11) is 3.53. The maximum absolute atomic E-state index is 13.1. The van der Waals surface area contributed by atoms with Gasteiger partial charge in [0.05, 0.1) is 7.11 Å². The highest BCUT2D eigenvalue weighted by molar-refractivity contribution is 6.06. The number of hydrogen-bond acceptors (Lipinski definition) is 4. The molecule has 2 amide bonds. The zero-order valence-corrected chi connectivity index (χ0v) is 19.7. The normalized spacial score (nSPS) is 11.6. The van der Waals surface area contributed by atoms with Crippen LogP contribution in [0.1, 0.15) is 29.8 Å². The number of amides is 2. The summed E-state index contributed by atoms with van der Waals surface area (Å²) in [5, 5.41) is 6.75. The number of ether oxygens (including phenoxy) is 1. The number of fused-ring (bicyclic) bond motifs is 1. The van der Waals surface area contributed by atoms with Crippen molar-refractivity contribution in [3.05, 3.63) is 71.6 Å². The predicted octanol–water partition coefficient (Wildman–Crippen LogP) is 3.42. The zero-order chi connectivity index (χ0) is 23.8. The van der Waals surface area contributed by atoms with Crippen LogP contribution in [0, 0.1) is 0 Å². The molecule has 2 aromatic carbocycles. The molecule has 0 aliphatic rings. The average molecular weight is 449 g/mol. The van der Waals surface area contributed by atoms with E-state index in [1.165, 1.54) is 0 Å². The number of benzene rings is 2. The van der Waals surface area contributed by atoms with Gasteiger partial charge in [0.25, 0.3) is 11.8 Å². The van der Waals surface area contributed by atoms with E-state index in [1.807, 2.05) is 42.1 Å². The van der Waals surface area contributed by atoms with Crippen molar-refractivity contribution in [2.75, 3.05) is 33.3 Å². The minimum absolute atomic E-state index is 0.201. The Bertz CT molecular complexity index is 1130. The Morgan fingerprint density at radius 2 is 1.76 bits per heavy atom. The van der Waals surface area contributed by atoms with Gasteiger partial charge in [-0.25, -0.2) is 0 Å². The second-order valence-corrected chi connectivity index (χ2v) is 7.74. The summed E-state index contributed by atoms with van der Waals surface area (Å²) in [6, 6.07) is 14.7. The van der Waals surface area contributed by atoms with Crippen LogP contribution in [0.4, 0.5) is 0 Å². The van der Waals surface area contributed by atoms with Gasteiger partial charge in [-0.1, -0.05) is 32.0 Å². The number of para-hydroxylation sites is 1. The summed E-state index contributed by atoms with van der Waals surface area (Å²) < 4.78 is 7.16. The smallest absolute Gasteiger partial charge is 0.267 e. The van der Waals surface area contributed by atoms with Crippen LogP contribution < -0.4 is 15.4 Å². The average Bonchev–Trinajstić information content (AvgIpc) is 3.16. The number of rotatable bonds is 10. The molecule has 7 heteroatoms. The number of likely N-dealkylation sites (N-methyl/N-ethyl adjacent to an activating group) is 1. The molecule has 0 atom stereocenters. The van der Waals surface area contributed by atoms with Crippen molar-refractivity contribution in [2.24, 2.45) is 7.05 Å². The Hall–Kier alpha value is -3.58. The Labute approximate surface area is 195 Å². The van der Waals surface area contributed by atoms with Gasteiger partial charge in [0.15, 0.2) is 0 Å². The van der Waals surface area contributed by atoms with Crippen LogP contribution in [0.2, 0.25) is 0 Å². The van der Waals surface area contributed by atoms with Crippen LogP contribution in [0.15, 0.2) is 60.4 Å². The number of nitrogens with one attached hydrogen (secondary N) is 2. The van der Waals surface area contributed by atoms with Crippen molar-refractivity contribution >= 4 is 28.8 Å². The summed E-state index contributed by atoms with van der Waals surface area (Å²) in [6.45, 7) is 7.25. The standard InChI is InChI=1S/C26H32N4O3/c1-5-30(6-2)16-15-27-26(32)23(28-25(31)19-11-13-21(33-4)14-12-19)17-20-18-29(3)24-10-8-7-9-22(20)24/h7-14,17-18H,5-6,15-16H2,1-4H3,(H,27,32)(H,28,31)/b23-17+. The summed E-state index contributed by atoms with van der Waals surface area (Å²) in [5.74, 6) is -0.0211. The molecule has 0 aliphatic heterocycles. The molecule has 3 rings (SSSR count). The lowest BCUT2D eigenvalue weighted by Crippen LogP contribution is -2.39. The lowest BCUT2D eigenvalue weighted by Gasteiger charge is -2.18. The summed E-state index contributed by atoms with van der Waals surface area (Å²) >= 11 is 0. The van der Waals surface area contributed by atoms with Crippen LogP contribution in [0.25, 0.3) is 17.0 Å². The number of aryl methyl sites for hydroxylation is 1. The van der Waals surface area contributed by atoms with E-state index in [1.54, 1.807) is 37.5 Å². The minimum Gasteiger partial charge on any atom is -0.497 e. The number of carbonyl (C=O) groups excluding carboxylic acids is 2. The van der Waals surface area contributed by atoms with Crippen molar-refractivity contribution in [2.45, 2.75) is 13.8 Å². The van der Waals surface area contributed by atoms with Crippen LogP contribution in [-0.2, 0) is 11.8 Å². The zero-order valence-electron chi connectivity index (χ0n) is 19.7. The highest BCUT2D eigenvalue weighted by Crippen LogP contribution is 2.22. The van der Waals surface area contributed by atoms with Crippen molar-refractivity contribution in [1.29, 1.82) is 0 Å². The third kappa shape index (κ3) is 6.02. The van der Waals surface area contributed by atoms with E-state index in [-0.39, 0.29) is 17.5 Å². The highest BCUT2D eigenvalue weighted by Gasteiger charge is 2.16. The molecule has 0 saturated heterocycles. The van der Waals surface area contributed by atoms with Gasteiger partial charge in [0, 0.05) is 48.4 Å². The van der Waals surface area contributed by atoms with E-state index in [0.717, 1.165) is 36.1 Å². The van der Waals surface area contributed by atoms with Crippen molar-refractivity contribution in [3.63, 3.8) is 0 Å².